The Morgan fingerprint density at radius 2 is 1.95 bits per heavy atom. The fourth-order valence-corrected chi connectivity index (χ4v) is 5.86. The molecule has 2 aromatic rings. The molecule has 0 radical (unpaired) electrons. The number of rotatable bonds is 4. The number of anilines is 1. The van der Waals surface area contributed by atoms with Gasteiger partial charge in [-0.15, -0.1) is 0 Å². The Labute approximate surface area is 213 Å². The van der Waals surface area contributed by atoms with E-state index in [0.29, 0.717) is 24.1 Å². The van der Waals surface area contributed by atoms with Gasteiger partial charge >= 0.3 is 12.1 Å². The summed E-state index contributed by atoms with van der Waals surface area (Å²) in [5.41, 5.74) is 2.06. The third-order valence-corrected chi connectivity index (χ3v) is 7.68. The number of nitrogens with zero attached hydrogens (tertiary/aromatic N) is 2. The van der Waals surface area contributed by atoms with Crippen LogP contribution in [0, 0.1) is 12.7 Å². The van der Waals surface area contributed by atoms with Crippen LogP contribution in [0.2, 0.25) is 0 Å². The highest BCUT2D eigenvalue weighted by Crippen LogP contribution is 2.46. The number of carbonyl (C=O) groups is 4. The van der Waals surface area contributed by atoms with Crippen molar-refractivity contribution in [2.45, 2.75) is 57.2 Å². The van der Waals surface area contributed by atoms with Crippen molar-refractivity contribution in [3.05, 3.63) is 64.5 Å². The number of ether oxygens (including phenoxy) is 1. The summed E-state index contributed by atoms with van der Waals surface area (Å²) in [5.74, 6) is -1.25. The molecule has 37 heavy (non-hydrogen) atoms. The summed E-state index contributed by atoms with van der Waals surface area (Å²) < 4.78 is 19.3. The quantitative estimate of drug-likeness (QED) is 0.654. The summed E-state index contributed by atoms with van der Waals surface area (Å²) in [6.07, 6.45) is 1.37. The SMILES string of the molecule is CNC(=O)Nc1ccc2c(c1)CC[C@@]21OC(=O)N(CC(=O)N2C(C)CCC2c2ccc(F)cc2C)C1=O. The first-order chi connectivity index (χ1) is 17.6. The first-order valence-electron chi connectivity index (χ1n) is 12.4. The van der Waals surface area contributed by atoms with E-state index in [1.807, 2.05) is 13.8 Å². The molecule has 3 atom stereocenters. The van der Waals surface area contributed by atoms with Crippen molar-refractivity contribution in [1.82, 2.24) is 15.1 Å². The van der Waals surface area contributed by atoms with E-state index in [-0.39, 0.29) is 36.3 Å². The van der Waals surface area contributed by atoms with Crippen molar-refractivity contribution >= 4 is 29.6 Å². The predicted octanol–water partition coefficient (Wildman–Crippen LogP) is 3.76. The van der Waals surface area contributed by atoms with Crippen LogP contribution in [0.15, 0.2) is 36.4 Å². The zero-order valence-corrected chi connectivity index (χ0v) is 21.0. The van der Waals surface area contributed by atoms with Crippen LogP contribution in [0.1, 0.15) is 54.5 Å². The maximum atomic E-state index is 13.7. The van der Waals surface area contributed by atoms with Gasteiger partial charge in [0.1, 0.15) is 12.4 Å². The lowest BCUT2D eigenvalue weighted by Gasteiger charge is -2.31. The topological polar surface area (TPSA) is 108 Å². The Morgan fingerprint density at radius 1 is 1.16 bits per heavy atom. The molecule has 194 valence electrons. The van der Waals surface area contributed by atoms with E-state index in [4.69, 9.17) is 4.74 Å². The third-order valence-electron chi connectivity index (χ3n) is 7.68. The van der Waals surface area contributed by atoms with Crippen molar-refractivity contribution in [2.24, 2.45) is 0 Å². The largest absolute Gasteiger partial charge is 0.427 e. The Bertz CT molecular complexity index is 1310. The van der Waals surface area contributed by atoms with Gasteiger partial charge in [0.25, 0.3) is 5.91 Å². The first-order valence-corrected chi connectivity index (χ1v) is 12.4. The number of aryl methyl sites for hydroxylation is 2. The Kier molecular flexibility index (Phi) is 6.13. The average Bonchev–Trinajstić information content (AvgIpc) is 3.49. The number of hydrogen-bond donors (Lipinski definition) is 2. The minimum atomic E-state index is -1.47. The van der Waals surface area contributed by atoms with Gasteiger partial charge in [-0.2, -0.15) is 0 Å². The number of hydrogen-bond acceptors (Lipinski definition) is 5. The maximum absolute atomic E-state index is 13.7. The first kappa shape index (κ1) is 24.7. The van der Waals surface area contributed by atoms with E-state index in [0.717, 1.165) is 28.0 Å². The molecule has 2 saturated heterocycles. The second-order valence-electron chi connectivity index (χ2n) is 9.91. The third kappa shape index (κ3) is 4.10. The normalized spacial score (nSPS) is 24.4. The van der Waals surface area contributed by atoms with Gasteiger partial charge < -0.3 is 20.3 Å². The summed E-state index contributed by atoms with van der Waals surface area (Å²) in [6.45, 7) is 3.31. The summed E-state index contributed by atoms with van der Waals surface area (Å²) in [5, 5.41) is 5.17. The van der Waals surface area contributed by atoms with Crippen LogP contribution < -0.4 is 10.6 Å². The van der Waals surface area contributed by atoms with Crippen LogP contribution in [0.4, 0.5) is 19.7 Å². The van der Waals surface area contributed by atoms with E-state index in [2.05, 4.69) is 10.6 Å². The van der Waals surface area contributed by atoms with Crippen LogP contribution >= 0.6 is 0 Å². The highest BCUT2D eigenvalue weighted by atomic mass is 19.1. The van der Waals surface area contributed by atoms with E-state index in [1.165, 1.54) is 19.2 Å². The lowest BCUT2D eigenvalue weighted by atomic mass is 9.94. The molecule has 0 bridgehead atoms. The lowest BCUT2D eigenvalue weighted by Crippen LogP contribution is -2.46. The number of imide groups is 1. The molecule has 10 heteroatoms. The number of carbonyl (C=O) groups excluding carboxylic acids is 4. The zero-order chi connectivity index (χ0) is 26.5. The van der Waals surface area contributed by atoms with Crippen LogP contribution in [0.5, 0.6) is 0 Å². The fraction of sp³-hybridized carbons (Fsp3) is 0.407. The molecule has 0 aromatic heterocycles. The van der Waals surface area contributed by atoms with Crippen LogP contribution in [-0.2, 0) is 26.3 Å². The number of urea groups is 1. The molecular formula is C27H29FN4O5. The van der Waals surface area contributed by atoms with Gasteiger partial charge in [0.05, 0.1) is 6.04 Å². The molecule has 2 N–H and O–H groups in total. The summed E-state index contributed by atoms with van der Waals surface area (Å²) in [7, 11) is 1.51. The molecule has 5 rings (SSSR count). The molecular weight excluding hydrogens is 479 g/mol. The molecule has 2 unspecified atom stereocenters. The van der Waals surface area contributed by atoms with Gasteiger partial charge in [-0.1, -0.05) is 12.1 Å². The molecule has 2 heterocycles. The molecule has 0 saturated carbocycles. The Hall–Kier alpha value is -3.95. The molecule has 5 amide bonds. The molecule has 9 nitrogen and oxygen atoms in total. The van der Waals surface area contributed by atoms with Gasteiger partial charge in [-0.3, -0.25) is 9.59 Å². The van der Waals surface area contributed by atoms with Crippen LogP contribution in [0.25, 0.3) is 0 Å². The smallest absolute Gasteiger partial charge is 0.418 e. The molecule has 3 aliphatic rings. The summed E-state index contributed by atoms with van der Waals surface area (Å²) in [4.78, 5) is 54.2. The minimum absolute atomic E-state index is 0.0944. The van der Waals surface area contributed by atoms with E-state index in [9.17, 15) is 23.6 Å². The monoisotopic (exact) mass is 508 g/mol. The number of halogens is 1. The van der Waals surface area contributed by atoms with Gasteiger partial charge in [0.15, 0.2) is 0 Å². The van der Waals surface area contributed by atoms with Crippen molar-refractivity contribution in [1.29, 1.82) is 0 Å². The standard InChI is InChI=1S/C27H29FN4O5/c1-15-12-18(28)5-7-20(15)22-9-4-16(2)32(22)23(33)14-31-24(34)27(37-26(31)36)11-10-17-13-19(6-8-21(17)27)30-25(35)29-3/h5-8,12-13,16,22H,4,9-11,14H2,1-3H3,(H2,29,30,35)/t16?,22?,27-/m1/s1. The minimum Gasteiger partial charge on any atom is -0.427 e. The maximum Gasteiger partial charge on any atom is 0.418 e. The number of likely N-dealkylation sites (tertiary alicyclic amines) is 1. The summed E-state index contributed by atoms with van der Waals surface area (Å²) >= 11 is 0. The van der Waals surface area contributed by atoms with Crippen molar-refractivity contribution in [2.75, 3.05) is 18.9 Å². The van der Waals surface area contributed by atoms with Crippen LogP contribution in [0.3, 0.4) is 0 Å². The fourth-order valence-electron chi connectivity index (χ4n) is 5.86. The van der Waals surface area contributed by atoms with Crippen LogP contribution in [-0.4, -0.2) is 53.4 Å². The summed E-state index contributed by atoms with van der Waals surface area (Å²) in [6, 6.07) is 8.89. The Balaban J connectivity index is 1.36. The highest BCUT2D eigenvalue weighted by Gasteiger charge is 2.58. The predicted molar refractivity (Wildman–Crippen MR) is 132 cm³/mol. The lowest BCUT2D eigenvalue weighted by molar-refractivity contribution is -0.143. The van der Waals surface area contributed by atoms with Crippen molar-refractivity contribution in [3.8, 4) is 0 Å². The Morgan fingerprint density at radius 3 is 2.68 bits per heavy atom. The molecule has 2 aliphatic heterocycles. The zero-order valence-electron chi connectivity index (χ0n) is 21.0. The average molecular weight is 509 g/mol. The number of nitrogens with one attached hydrogen (secondary N) is 2. The second-order valence-corrected chi connectivity index (χ2v) is 9.91. The van der Waals surface area contributed by atoms with Gasteiger partial charge in [0.2, 0.25) is 11.5 Å². The van der Waals surface area contributed by atoms with Gasteiger partial charge in [0, 0.05) is 30.8 Å². The van der Waals surface area contributed by atoms with E-state index >= 15 is 0 Å². The van der Waals surface area contributed by atoms with Crippen molar-refractivity contribution in [3.63, 3.8) is 0 Å². The number of benzene rings is 2. The van der Waals surface area contributed by atoms with E-state index in [1.54, 1.807) is 29.2 Å². The van der Waals surface area contributed by atoms with E-state index < -0.39 is 24.1 Å². The van der Waals surface area contributed by atoms with Gasteiger partial charge in [-0.25, -0.2) is 18.9 Å². The molecule has 2 fully saturated rings. The molecule has 1 aliphatic carbocycles. The number of fused-ring (bicyclic) bond motifs is 2. The number of amides is 5. The van der Waals surface area contributed by atoms with Gasteiger partial charge in [-0.05, 0) is 74.1 Å². The highest BCUT2D eigenvalue weighted by molar-refractivity contribution is 6.06. The molecule has 2 aromatic carbocycles. The molecule has 1 spiro atoms. The van der Waals surface area contributed by atoms with Crippen molar-refractivity contribution < 1.29 is 28.3 Å². The second kappa shape index (κ2) is 9.17.